The number of hydrogen-bond donors (Lipinski definition) is 2. The predicted octanol–water partition coefficient (Wildman–Crippen LogP) is 5.09. The van der Waals surface area contributed by atoms with Crippen molar-refractivity contribution in [3.05, 3.63) is 44.8 Å². The molecule has 0 unspecified atom stereocenters. The Hall–Kier alpha value is -1.10. The van der Waals surface area contributed by atoms with E-state index >= 15 is 0 Å². The number of ether oxygens (including phenoxy) is 1. The van der Waals surface area contributed by atoms with E-state index in [-0.39, 0.29) is 0 Å². The maximum atomic E-state index is 6.17. The summed E-state index contributed by atoms with van der Waals surface area (Å²) in [7, 11) is 1.59. The molecule has 3 N–H and O–H groups in total. The standard InChI is InChI=1S/C13H11BrCl2N2O/c1-19-9-5-7(17)4-8(6-9)18-11-3-2-10(14)12(15)13(11)16/h2-6,18H,17H2,1H3. The zero-order chi connectivity index (χ0) is 14.0. The first-order chi connectivity index (χ1) is 9.01. The molecule has 0 atom stereocenters. The summed E-state index contributed by atoms with van der Waals surface area (Å²) in [6.45, 7) is 0. The fraction of sp³-hybridized carbons (Fsp3) is 0.0769. The molecule has 0 amide bonds. The lowest BCUT2D eigenvalue weighted by Gasteiger charge is -2.12. The van der Waals surface area contributed by atoms with Crippen LogP contribution in [0.5, 0.6) is 5.75 Å². The minimum absolute atomic E-state index is 0.442. The lowest BCUT2D eigenvalue weighted by molar-refractivity contribution is 0.415. The van der Waals surface area contributed by atoms with Crippen LogP contribution in [0.1, 0.15) is 0 Å². The van der Waals surface area contributed by atoms with Gasteiger partial charge in [0.1, 0.15) is 5.75 Å². The van der Waals surface area contributed by atoms with Gasteiger partial charge in [-0.05, 0) is 34.1 Å². The highest BCUT2D eigenvalue weighted by atomic mass is 79.9. The number of nitrogen functional groups attached to an aromatic ring is 1. The number of methoxy groups -OCH3 is 1. The van der Waals surface area contributed by atoms with Gasteiger partial charge < -0.3 is 15.8 Å². The summed E-state index contributed by atoms with van der Waals surface area (Å²) in [6.07, 6.45) is 0. The van der Waals surface area contributed by atoms with Crippen LogP contribution < -0.4 is 15.8 Å². The van der Waals surface area contributed by atoms with Crippen molar-refractivity contribution in [2.45, 2.75) is 0 Å². The van der Waals surface area contributed by atoms with Gasteiger partial charge in [0.15, 0.2) is 0 Å². The van der Waals surface area contributed by atoms with Crippen molar-refractivity contribution >= 4 is 56.2 Å². The molecule has 0 bridgehead atoms. The highest BCUT2D eigenvalue weighted by Crippen LogP contribution is 2.37. The fourth-order valence-corrected chi connectivity index (χ4v) is 2.41. The fourth-order valence-electron chi connectivity index (χ4n) is 1.59. The summed E-state index contributed by atoms with van der Waals surface area (Å²) in [5.41, 5.74) is 7.86. The first-order valence-corrected chi connectivity index (χ1v) is 6.91. The Morgan fingerprint density at radius 3 is 2.58 bits per heavy atom. The van der Waals surface area contributed by atoms with Gasteiger partial charge in [-0.2, -0.15) is 0 Å². The average Bonchev–Trinajstić information content (AvgIpc) is 2.39. The van der Waals surface area contributed by atoms with Crippen LogP contribution in [-0.2, 0) is 0 Å². The lowest BCUT2D eigenvalue weighted by atomic mass is 10.2. The predicted molar refractivity (Wildman–Crippen MR) is 84.9 cm³/mol. The number of nitrogens with one attached hydrogen (secondary N) is 1. The van der Waals surface area contributed by atoms with Crippen molar-refractivity contribution in [3.8, 4) is 5.75 Å². The van der Waals surface area contributed by atoms with Gasteiger partial charge in [-0.25, -0.2) is 0 Å². The maximum Gasteiger partial charge on any atom is 0.122 e. The monoisotopic (exact) mass is 360 g/mol. The summed E-state index contributed by atoms with van der Waals surface area (Å²) in [6, 6.07) is 8.99. The molecular weight excluding hydrogens is 351 g/mol. The Bertz CT molecular complexity index is 620. The highest BCUT2D eigenvalue weighted by molar-refractivity contribution is 9.10. The largest absolute Gasteiger partial charge is 0.497 e. The van der Waals surface area contributed by atoms with Crippen LogP contribution in [0.15, 0.2) is 34.8 Å². The van der Waals surface area contributed by atoms with Crippen LogP contribution in [0.25, 0.3) is 0 Å². The molecular formula is C13H11BrCl2N2O. The Balaban J connectivity index is 2.36. The Morgan fingerprint density at radius 1 is 1.16 bits per heavy atom. The molecule has 2 rings (SSSR count). The third-order valence-corrected chi connectivity index (χ3v) is 4.25. The van der Waals surface area contributed by atoms with E-state index in [4.69, 9.17) is 33.7 Å². The van der Waals surface area contributed by atoms with Gasteiger partial charge in [0, 0.05) is 28.0 Å². The zero-order valence-electron chi connectivity index (χ0n) is 10.0. The number of benzene rings is 2. The van der Waals surface area contributed by atoms with Gasteiger partial charge in [0.2, 0.25) is 0 Å². The topological polar surface area (TPSA) is 47.3 Å². The number of rotatable bonds is 3. The first-order valence-electron chi connectivity index (χ1n) is 5.36. The molecule has 3 nitrogen and oxygen atoms in total. The molecule has 0 spiro atoms. The number of anilines is 3. The molecule has 0 aliphatic carbocycles. The zero-order valence-corrected chi connectivity index (χ0v) is 13.1. The second-order valence-electron chi connectivity index (χ2n) is 3.84. The normalized spacial score (nSPS) is 10.3. The Morgan fingerprint density at radius 2 is 1.89 bits per heavy atom. The van der Waals surface area contributed by atoms with E-state index in [2.05, 4.69) is 21.2 Å². The van der Waals surface area contributed by atoms with Crippen molar-refractivity contribution in [3.63, 3.8) is 0 Å². The summed E-state index contributed by atoms with van der Waals surface area (Å²) < 4.78 is 5.91. The molecule has 0 saturated carbocycles. The second kappa shape index (κ2) is 5.90. The Kier molecular flexibility index (Phi) is 4.45. The van der Waals surface area contributed by atoms with E-state index < -0.39 is 0 Å². The van der Waals surface area contributed by atoms with Gasteiger partial charge in [0.05, 0.1) is 22.8 Å². The molecule has 19 heavy (non-hydrogen) atoms. The molecule has 2 aromatic rings. The maximum absolute atomic E-state index is 6.17. The van der Waals surface area contributed by atoms with Crippen molar-refractivity contribution in [2.75, 3.05) is 18.2 Å². The summed E-state index contributed by atoms with van der Waals surface area (Å²) >= 11 is 15.6. The van der Waals surface area contributed by atoms with Crippen molar-refractivity contribution in [1.82, 2.24) is 0 Å². The van der Waals surface area contributed by atoms with Crippen molar-refractivity contribution < 1.29 is 4.74 Å². The van der Waals surface area contributed by atoms with Crippen LogP contribution in [0.2, 0.25) is 10.0 Å². The highest BCUT2D eigenvalue weighted by Gasteiger charge is 2.09. The first kappa shape index (κ1) is 14.3. The second-order valence-corrected chi connectivity index (χ2v) is 5.45. The molecule has 2 aromatic carbocycles. The smallest absolute Gasteiger partial charge is 0.122 e. The third kappa shape index (κ3) is 3.26. The van der Waals surface area contributed by atoms with Gasteiger partial charge >= 0.3 is 0 Å². The van der Waals surface area contributed by atoms with Crippen LogP contribution in [0.4, 0.5) is 17.1 Å². The van der Waals surface area contributed by atoms with Gasteiger partial charge in [-0.3, -0.25) is 0 Å². The average molecular weight is 362 g/mol. The van der Waals surface area contributed by atoms with E-state index in [1.807, 2.05) is 18.2 Å². The van der Waals surface area contributed by atoms with E-state index in [0.29, 0.717) is 27.2 Å². The number of halogens is 3. The van der Waals surface area contributed by atoms with Crippen LogP contribution in [0, 0.1) is 0 Å². The molecule has 0 radical (unpaired) electrons. The van der Waals surface area contributed by atoms with Gasteiger partial charge in [-0.15, -0.1) is 0 Å². The van der Waals surface area contributed by atoms with Gasteiger partial charge in [-0.1, -0.05) is 23.2 Å². The Labute approximate surface area is 129 Å². The van der Waals surface area contributed by atoms with E-state index in [1.165, 1.54) is 0 Å². The molecule has 100 valence electrons. The molecule has 6 heteroatoms. The third-order valence-electron chi connectivity index (χ3n) is 2.48. The van der Waals surface area contributed by atoms with Crippen molar-refractivity contribution in [1.29, 1.82) is 0 Å². The van der Waals surface area contributed by atoms with Crippen LogP contribution in [-0.4, -0.2) is 7.11 Å². The SMILES string of the molecule is COc1cc(N)cc(Nc2ccc(Br)c(Cl)c2Cl)c1. The quantitative estimate of drug-likeness (QED) is 0.591. The molecule has 0 aromatic heterocycles. The molecule has 0 fully saturated rings. The summed E-state index contributed by atoms with van der Waals surface area (Å²) in [5.74, 6) is 0.668. The van der Waals surface area contributed by atoms with Crippen molar-refractivity contribution in [2.24, 2.45) is 0 Å². The molecule has 0 saturated heterocycles. The molecule has 0 aliphatic heterocycles. The van der Waals surface area contributed by atoms with E-state index in [9.17, 15) is 0 Å². The minimum Gasteiger partial charge on any atom is -0.497 e. The minimum atomic E-state index is 0.442. The number of hydrogen-bond acceptors (Lipinski definition) is 3. The van der Waals surface area contributed by atoms with Crippen LogP contribution >= 0.6 is 39.1 Å². The van der Waals surface area contributed by atoms with Gasteiger partial charge in [0.25, 0.3) is 0 Å². The summed E-state index contributed by atoms with van der Waals surface area (Å²) in [5, 5.41) is 4.06. The number of nitrogens with two attached hydrogens (primary N) is 1. The van der Waals surface area contributed by atoms with Crippen LogP contribution in [0.3, 0.4) is 0 Å². The molecule has 0 aliphatic rings. The van der Waals surface area contributed by atoms with E-state index in [1.54, 1.807) is 19.2 Å². The molecule has 0 heterocycles. The summed E-state index contributed by atoms with van der Waals surface area (Å²) in [4.78, 5) is 0. The van der Waals surface area contributed by atoms with E-state index in [0.717, 1.165) is 10.2 Å². The lowest BCUT2D eigenvalue weighted by Crippen LogP contribution is -1.95.